The van der Waals surface area contributed by atoms with Crippen molar-refractivity contribution in [3.63, 3.8) is 0 Å². The number of nitrogens with zero attached hydrogens (tertiary/aromatic N) is 3. The summed E-state index contributed by atoms with van der Waals surface area (Å²) in [5.74, 6) is 0.0685. The van der Waals surface area contributed by atoms with E-state index in [1.165, 1.54) is 37.9 Å². The first kappa shape index (κ1) is 18.0. The molecule has 142 valence electrons. The molecule has 0 atom stereocenters. The third-order valence-corrected chi connectivity index (χ3v) is 5.76. The molecule has 0 spiro atoms. The van der Waals surface area contributed by atoms with E-state index in [-0.39, 0.29) is 11.5 Å². The molecule has 1 aromatic heterocycles. The molecule has 0 bridgehead atoms. The van der Waals surface area contributed by atoms with Crippen LogP contribution in [0.2, 0.25) is 0 Å². The number of aryl methyl sites for hydroxylation is 1. The molecule has 1 saturated heterocycles. The van der Waals surface area contributed by atoms with Gasteiger partial charge in [-0.15, -0.1) is 0 Å². The van der Waals surface area contributed by atoms with Gasteiger partial charge < -0.3 is 9.47 Å². The number of amides is 1. The second-order valence-corrected chi connectivity index (χ2v) is 7.78. The summed E-state index contributed by atoms with van der Waals surface area (Å²) in [4.78, 5) is 29.1. The van der Waals surface area contributed by atoms with E-state index in [4.69, 9.17) is 0 Å². The van der Waals surface area contributed by atoms with Crippen LogP contribution in [0.15, 0.2) is 41.3 Å². The van der Waals surface area contributed by atoms with Crippen molar-refractivity contribution in [2.45, 2.75) is 38.8 Å². The fourth-order valence-electron chi connectivity index (χ4n) is 4.12. The van der Waals surface area contributed by atoms with Crippen molar-refractivity contribution in [1.82, 2.24) is 14.4 Å². The van der Waals surface area contributed by atoms with Gasteiger partial charge in [0, 0.05) is 44.5 Å². The molecule has 0 unspecified atom stereocenters. The molecule has 2 aromatic rings. The van der Waals surface area contributed by atoms with Crippen LogP contribution in [0, 0.1) is 0 Å². The highest BCUT2D eigenvalue weighted by molar-refractivity contribution is 5.94. The topological polar surface area (TPSA) is 45.6 Å². The first-order valence-electron chi connectivity index (χ1n) is 9.89. The lowest BCUT2D eigenvalue weighted by molar-refractivity contribution is 0.0734. The fourth-order valence-corrected chi connectivity index (χ4v) is 4.12. The quantitative estimate of drug-likeness (QED) is 0.840. The number of piperidine rings is 1. The van der Waals surface area contributed by atoms with Crippen molar-refractivity contribution >= 4 is 5.91 Å². The average Bonchev–Trinajstić information content (AvgIpc) is 2.69. The smallest absolute Gasteiger partial charge is 0.254 e. The van der Waals surface area contributed by atoms with Gasteiger partial charge in [0.15, 0.2) is 0 Å². The van der Waals surface area contributed by atoms with Gasteiger partial charge in [-0.25, -0.2) is 0 Å². The number of benzene rings is 1. The van der Waals surface area contributed by atoms with E-state index in [2.05, 4.69) is 17.0 Å². The van der Waals surface area contributed by atoms with Gasteiger partial charge in [0.25, 0.3) is 11.5 Å². The van der Waals surface area contributed by atoms with Crippen LogP contribution >= 0.6 is 0 Å². The van der Waals surface area contributed by atoms with Gasteiger partial charge >= 0.3 is 0 Å². The summed E-state index contributed by atoms with van der Waals surface area (Å²) < 4.78 is 1.59. The minimum Gasteiger partial charge on any atom is -0.334 e. The highest BCUT2D eigenvalue weighted by Gasteiger charge is 2.22. The molecule has 2 aliphatic heterocycles. The summed E-state index contributed by atoms with van der Waals surface area (Å²) in [6.07, 6.45) is 6.53. The third-order valence-electron chi connectivity index (χ3n) is 5.76. The molecule has 1 amide bonds. The van der Waals surface area contributed by atoms with Crippen molar-refractivity contribution in [3.05, 3.63) is 69.1 Å². The third kappa shape index (κ3) is 3.98. The van der Waals surface area contributed by atoms with Crippen LogP contribution in [0.4, 0.5) is 0 Å². The molecular formula is C22H27N3O2. The van der Waals surface area contributed by atoms with Gasteiger partial charge in [0.2, 0.25) is 0 Å². The van der Waals surface area contributed by atoms with Gasteiger partial charge in [0.05, 0.1) is 0 Å². The van der Waals surface area contributed by atoms with Crippen molar-refractivity contribution < 1.29 is 4.79 Å². The standard InChI is InChI=1S/C22H27N3O2/c1-23-15-20-16-25(12-9-19(20)13-21(23)26)22(27)18-7-5-17(6-8-18)14-24-10-3-2-4-11-24/h5-8,13,15H,2-4,9-12,14,16H2,1H3. The zero-order valence-corrected chi connectivity index (χ0v) is 16.0. The van der Waals surface area contributed by atoms with Crippen molar-refractivity contribution in [1.29, 1.82) is 0 Å². The van der Waals surface area contributed by atoms with E-state index < -0.39 is 0 Å². The molecule has 3 heterocycles. The molecule has 0 radical (unpaired) electrons. The highest BCUT2D eigenvalue weighted by atomic mass is 16.2. The van der Waals surface area contributed by atoms with Crippen LogP contribution in [0.3, 0.4) is 0 Å². The number of likely N-dealkylation sites (tertiary alicyclic amines) is 1. The summed E-state index contributed by atoms with van der Waals surface area (Å²) in [5, 5.41) is 0. The Hall–Kier alpha value is -2.40. The zero-order valence-electron chi connectivity index (χ0n) is 16.0. The van der Waals surface area contributed by atoms with E-state index in [1.54, 1.807) is 17.7 Å². The number of carbonyl (C=O) groups excluding carboxylic acids is 1. The lowest BCUT2D eigenvalue weighted by atomic mass is 10.0. The van der Waals surface area contributed by atoms with Crippen molar-refractivity contribution in [2.75, 3.05) is 19.6 Å². The van der Waals surface area contributed by atoms with Gasteiger partial charge in [-0.2, -0.15) is 0 Å². The Morgan fingerprint density at radius 1 is 1.00 bits per heavy atom. The summed E-state index contributed by atoms with van der Waals surface area (Å²) in [6, 6.07) is 9.79. The minimum absolute atomic E-state index is 0.0119. The maximum atomic E-state index is 12.9. The number of hydrogen-bond donors (Lipinski definition) is 0. The van der Waals surface area contributed by atoms with Gasteiger partial charge in [-0.3, -0.25) is 14.5 Å². The molecular weight excluding hydrogens is 338 g/mol. The Morgan fingerprint density at radius 3 is 2.48 bits per heavy atom. The Morgan fingerprint density at radius 2 is 1.74 bits per heavy atom. The van der Waals surface area contributed by atoms with Crippen LogP contribution in [-0.2, 0) is 26.6 Å². The number of pyridine rings is 1. The fraction of sp³-hybridized carbons (Fsp3) is 0.455. The normalized spacial score (nSPS) is 17.6. The summed E-state index contributed by atoms with van der Waals surface area (Å²) >= 11 is 0. The molecule has 27 heavy (non-hydrogen) atoms. The van der Waals surface area contributed by atoms with Crippen molar-refractivity contribution in [3.8, 4) is 0 Å². The molecule has 0 aliphatic carbocycles. The van der Waals surface area contributed by atoms with Gasteiger partial charge in [-0.05, 0) is 61.2 Å². The van der Waals surface area contributed by atoms with Crippen LogP contribution in [-0.4, -0.2) is 39.9 Å². The molecule has 0 N–H and O–H groups in total. The first-order valence-corrected chi connectivity index (χ1v) is 9.89. The van der Waals surface area contributed by atoms with Gasteiger partial charge in [-0.1, -0.05) is 18.6 Å². The second-order valence-electron chi connectivity index (χ2n) is 7.78. The molecule has 0 saturated carbocycles. The predicted octanol–water partition coefficient (Wildman–Crippen LogP) is 2.57. The van der Waals surface area contributed by atoms with Crippen LogP contribution in [0.5, 0.6) is 0 Å². The number of aromatic nitrogens is 1. The number of rotatable bonds is 3. The predicted molar refractivity (Wildman–Crippen MR) is 106 cm³/mol. The first-order chi connectivity index (χ1) is 13.1. The zero-order chi connectivity index (χ0) is 18.8. The minimum atomic E-state index is 0.0119. The largest absolute Gasteiger partial charge is 0.334 e. The van der Waals surface area contributed by atoms with Crippen LogP contribution < -0.4 is 5.56 Å². The molecule has 1 fully saturated rings. The highest BCUT2D eigenvalue weighted by Crippen LogP contribution is 2.20. The lowest BCUT2D eigenvalue weighted by Gasteiger charge is -2.29. The van der Waals surface area contributed by atoms with E-state index in [1.807, 2.05) is 23.2 Å². The molecule has 4 rings (SSSR count). The number of hydrogen-bond acceptors (Lipinski definition) is 3. The average molecular weight is 365 g/mol. The van der Waals surface area contributed by atoms with E-state index in [0.717, 1.165) is 29.7 Å². The lowest BCUT2D eigenvalue weighted by Crippen LogP contribution is -2.37. The van der Waals surface area contributed by atoms with Crippen LogP contribution in [0.25, 0.3) is 0 Å². The Kier molecular flexibility index (Phi) is 5.12. The molecule has 5 heteroatoms. The Labute approximate surface area is 160 Å². The maximum absolute atomic E-state index is 12.9. The Bertz CT molecular complexity index is 879. The number of fused-ring (bicyclic) bond motifs is 1. The molecule has 2 aliphatic rings. The number of carbonyl (C=O) groups is 1. The van der Waals surface area contributed by atoms with Crippen molar-refractivity contribution in [2.24, 2.45) is 7.05 Å². The second kappa shape index (κ2) is 7.69. The van der Waals surface area contributed by atoms with Crippen LogP contribution in [0.1, 0.15) is 46.3 Å². The van der Waals surface area contributed by atoms with E-state index in [9.17, 15) is 9.59 Å². The monoisotopic (exact) mass is 365 g/mol. The molecule has 5 nitrogen and oxygen atoms in total. The SMILES string of the molecule is Cn1cc2c(cc1=O)CCN(C(=O)c1ccc(CN3CCCCC3)cc1)C2. The summed E-state index contributed by atoms with van der Waals surface area (Å²) in [7, 11) is 1.75. The van der Waals surface area contributed by atoms with E-state index in [0.29, 0.717) is 13.1 Å². The maximum Gasteiger partial charge on any atom is 0.254 e. The summed E-state index contributed by atoms with van der Waals surface area (Å²) in [5.41, 5.74) is 4.16. The molecule has 1 aromatic carbocycles. The Balaban J connectivity index is 1.43. The summed E-state index contributed by atoms with van der Waals surface area (Å²) in [6.45, 7) is 4.55. The van der Waals surface area contributed by atoms with Gasteiger partial charge in [0.1, 0.15) is 0 Å². The van der Waals surface area contributed by atoms with E-state index >= 15 is 0 Å².